The first-order chi connectivity index (χ1) is 9.56. The monoisotopic (exact) mass is 297 g/mol. The number of benzene rings is 1. The van der Waals surface area contributed by atoms with Crippen LogP contribution in [0.4, 0.5) is 14.5 Å². The molecule has 1 heterocycles. The van der Waals surface area contributed by atoms with Crippen molar-refractivity contribution in [2.75, 3.05) is 11.9 Å². The number of amides is 1. The lowest BCUT2D eigenvalue weighted by Gasteiger charge is -2.07. The Morgan fingerprint density at radius 2 is 2.05 bits per heavy atom. The molecule has 4 nitrogen and oxygen atoms in total. The number of hydrogen-bond acceptors (Lipinski definition) is 4. The average Bonchev–Trinajstić information content (AvgIpc) is 2.80. The number of carbonyl (C=O) groups excluding carboxylic acids is 1. The lowest BCUT2D eigenvalue weighted by Crippen LogP contribution is -2.28. The maximum Gasteiger partial charge on any atom is 0.238 e. The number of para-hydroxylation sites is 1. The molecular weight excluding hydrogens is 284 g/mol. The second-order valence-electron chi connectivity index (χ2n) is 4.13. The van der Waals surface area contributed by atoms with Gasteiger partial charge in [0.05, 0.1) is 6.54 Å². The van der Waals surface area contributed by atoms with Gasteiger partial charge in [0, 0.05) is 17.6 Å². The minimum absolute atomic E-state index is 0.0492. The standard InChI is InChI=1S/C13H13F2N3OS/c1-8-7-20-12(17-8)6-16-5-11(19)18-13-9(14)3-2-4-10(13)15/h2-4,7,16H,5-6H2,1H3,(H,18,19). The van der Waals surface area contributed by atoms with Gasteiger partial charge in [-0.05, 0) is 19.1 Å². The van der Waals surface area contributed by atoms with E-state index in [-0.39, 0.29) is 6.54 Å². The molecule has 2 rings (SSSR count). The van der Waals surface area contributed by atoms with Gasteiger partial charge in [0.15, 0.2) is 0 Å². The molecule has 0 saturated heterocycles. The molecule has 1 amide bonds. The highest BCUT2D eigenvalue weighted by molar-refractivity contribution is 7.09. The highest BCUT2D eigenvalue weighted by Gasteiger charge is 2.11. The van der Waals surface area contributed by atoms with Crippen molar-refractivity contribution in [1.82, 2.24) is 10.3 Å². The summed E-state index contributed by atoms with van der Waals surface area (Å²) < 4.78 is 26.6. The molecule has 0 radical (unpaired) electrons. The van der Waals surface area contributed by atoms with Crippen molar-refractivity contribution in [2.45, 2.75) is 13.5 Å². The predicted molar refractivity (Wildman–Crippen MR) is 73.5 cm³/mol. The van der Waals surface area contributed by atoms with Gasteiger partial charge in [0.2, 0.25) is 5.91 Å². The minimum Gasteiger partial charge on any atom is -0.320 e. The second kappa shape index (κ2) is 6.53. The van der Waals surface area contributed by atoms with Gasteiger partial charge in [0.25, 0.3) is 0 Å². The fourth-order valence-corrected chi connectivity index (χ4v) is 2.31. The molecule has 2 N–H and O–H groups in total. The molecule has 7 heteroatoms. The highest BCUT2D eigenvalue weighted by Crippen LogP contribution is 2.17. The van der Waals surface area contributed by atoms with Gasteiger partial charge in [-0.2, -0.15) is 0 Å². The third-order valence-corrected chi connectivity index (χ3v) is 3.42. The average molecular weight is 297 g/mol. The lowest BCUT2D eigenvalue weighted by molar-refractivity contribution is -0.115. The number of hydrogen-bond donors (Lipinski definition) is 2. The Balaban J connectivity index is 1.84. The molecule has 0 fully saturated rings. The second-order valence-corrected chi connectivity index (χ2v) is 5.07. The van der Waals surface area contributed by atoms with Gasteiger partial charge < -0.3 is 10.6 Å². The van der Waals surface area contributed by atoms with E-state index in [4.69, 9.17) is 0 Å². The molecule has 1 aromatic carbocycles. The summed E-state index contributed by atoms with van der Waals surface area (Å²) in [7, 11) is 0. The Kier molecular flexibility index (Phi) is 4.75. The van der Waals surface area contributed by atoms with Crippen LogP contribution in [0.1, 0.15) is 10.7 Å². The van der Waals surface area contributed by atoms with Crippen molar-refractivity contribution in [2.24, 2.45) is 0 Å². The van der Waals surface area contributed by atoms with Gasteiger partial charge in [-0.15, -0.1) is 11.3 Å². The highest BCUT2D eigenvalue weighted by atomic mass is 32.1. The van der Waals surface area contributed by atoms with Crippen molar-refractivity contribution in [1.29, 1.82) is 0 Å². The van der Waals surface area contributed by atoms with Crippen LogP contribution in [-0.2, 0) is 11.3 Å². The molecule has 1 aromatic heterocycles. The smallest absolute Gasteiger partial charge is 0.238 e. The Labute approximate surface area is 118 Å². The first-order valence-corrected chi connectivity index (χ1v) is 6.80. The van der Waals surface area contributed by atoms with Crippen LogP contribution in [0.15, 0.2) is 23.6 Å². The van der Waals surface area contributed by atoms with E-state index in [1.807, 2.05) is 12.3 Å². The molecule has 0 aliphatic heterocycles. The number of thiazole rings is 1. The molecule has 0 aliphatic carbocycles. The number of anilines is 1. The van der Waals surface area contributed by atoms with E-state index in [1.165, 1.54) is 17.4 Å². The summed E-state index contributed by atoms with van der Waals surface area (Å²) in [5, 5.41) is 7.83. The van der Waals surface area contributed by atoms with Crippen LogP contribution in [0.25, 0.3) is 0 Å². The van der Waals surface area contributed by atoms with Gasteiger partial charge in [-0.25, -0.2) is 13.8 Å². The van der Waals surface area contributed by atoms with Crippen LogP contribution < -0.4 is 10.6 Å². The topological polar surface area (TPSA) is 54.0 Å². The molecule has 0 saturated carbocycles. The van der Waals surface area contributed by atoms with E-state index >= 15 is 0 Å². The fraction of sp³-hybridized carbons (Fsp3) is 0.231. The summed E-state index contributed by atoms with van der Waals surface area (Å²) in [6.07, 6.45) is 0. The van der Waals surface area contributed by atoms with Crippen LogP contribution in [0.3, 0.4) is 0 Å². The van der Waals surface area contributed by atoms with Crippen LogP contribution in [0, 0.1) is 18.6 Å². The molecule has 2 aromatic rings. The number of nitrogens with zero attached hydrogens (tertiary/aromatic N) is 1. The number of aryl methyl sites for hydroxylation is 1. The Hall–Kier alpha value is -1.86. The van der Waals surface area contributed by atoms with Gasteiger partial charge in [-0.3, -0.25) is 4.79 Å². The van der Waals surface area contributed by atoms with Crippen LogP contribution in [0.2, 0.25) is 0 Å². The van der Waals surface area contributed by atoms with E-state index in [0.717, 1.165) is 22.8 Å². The SMILES string of the molecule is Cc1csc(CNCC(=O)Nc2c(F)cccc2F)n1. The van der Waals surface area contributed by atoms with Gasteiger partial charge in [0.1, 0.15) is 22.3 Å². The number of carbonyl (C=O) groups is 1. The number of nitrogens with one attached hydrogen (secondary N) is 2. The molecule has 106 valence electrons. The van der Waals surface area contributed by atoms with Crippen molar-refractivity contribution >= 4 is 22.9 Å². The molecule has 0 atom stereocenters. The molecule has 20 heavy (non-hydrogen) atoms. The van der Waals surface area contributed by atoms with E-state index < -0.39 is 23.2 Å². The summed E-state index contributed by atoms with van der Waals surface area (Å²) in [5.74, 6) is -2.11. The normalized spacial score (nSPS) is 10.6. The zero-order valence-electron chi connectivity index (χ0n) is 10.7. The van der Waals surface area contributed by atoms with Crippen LogP contribution in [-0.4, -0.2) is 17.4 Å². The molecule has 0 bridgehead atoms. The maximum absolute atomic E-state index is 13.3. The number of rotatable bonds is 5. The quantitative estimate of drug-likeness (QED) is 0.891. The Bertz CT molecular complexity index is 595. The molecule has 0 aliphatic rings. The number of aromatic nitrogens is 1. The predicted octanol–water partition coefficient (Wildman–Crippen LogP) is 2.46. The van der Waals surface area contributed by atoms with Gasteiger partial charge in [-0.1, -0.05) is 6.07 Å². The largest absolute Gasteiger partial charge is 0.320 e. The summed E-state index contributed by atoms with van der Waals surface area (Å²) in [5.41, 5.74) is 0.495. The third kappa shape index (κ3) is 3.82. The number of halogens is 2. The van der Waals surface area contributed by atoms with E-state index in [9.17, 15) is 13.6 Å². The maximum atomic E-state index is 13.3. The zero-order valence-corrected chi connectivity index (χ0v) is 11.6. The van der Waals surface area contributed by atoms with Crippen molar-refractivity contribution in [3.05, 3.63) is 45.9 Å². The van der Waals surface area contributed by atoms with Crippen molar-refractivity contribution in [3.8, 4) is 0 Å². The molecule has 0 unspecified atom stereocenters. The summed E-state index contributed by atoms with van der Waals surface area (Å²) in [6.45, 7) is 2.27. The van der Waals surface area contributed by atoms with E-state index in [1.54, 1.807) is 0 Å². The fourth-order valence-electron chi connectivity index (χ4n) is 1.57. The molecule has 0 spiro atoms. The van der Waals surface area contributed by atoms with Crippen molar-refractivity contribution in [3.63, 3.8) is 0 Å². The summed E-state index contributed by atoms with van der Waals surface area (Å²) in [6, 6.07) is 3.41. The molecular formula is C13H13F2N3OS. The minimum atomic E-state index is -0.797. The Morgan fingerprint density at radius 1 is 1.35 bits per heavy atom. The first kappa shape index (κ1) is 14.5. The van der Waals surface area contributed by atoms with E-state index in [2.05, 4.69) is 15.6 Å². The lowest BCUT2D eigenvalue weighted by atomic mass is 10.3. The first-order valence-electron chi connectivity index (χ1n) is 5.92. The van der Waals surface area contributed by atoms with Crippen LogP contribution in [0.5, 0.6) is 0 Å². The van der Waals surface area contributed by atoms with E-state index in [0.29, 0.717) is 6.54 Å². The Morgan fingerprint density at radius 3 is 2.65 bits per heavy atom. The zero-order chi connectivity index (χ0) is 14.5. The van der Waals surface area contributed by atoms with Crippen LogP contribution >= 0.6 is 11.3 Å². The third-order valence-electron chi connectivity index (χ3n) is 2.46. The van der Waals surface area contributed by atoms with Gasteiger partial charge >= 0.3 is 0 Å². The summed E-state index contributed by atoms with van der Waals surface area (Å²) >= 11 is 1.48. The van der Waals surface area contributed by atoms with Crippen molar-refractivity contribution < 1.29 is 13.6 Å². The summed E-state index contributed by atoms with van der Waals surface area (Å²) in [4.78, 5) is 15.8.